The molecule has 3 rings (SSSR count). The highest BCUT2D eigenvalue weighted by atomic mass is 79.9. The van der Waals surface area contributed by atoms with Crippen LogP contribution in [0.4, 0.5) is 10.2 Å². The van der Waals surface area contributed by atoms with Gasteiger partial charge in [-0.15, -0.1) is 0 Å². The Labute approximate surface area is 202 Å². The number of hydrogen-bond acceptors (Lipinski definition) is 8. The number of benzene rings is 2. The minimum Gasteiger partial charge on any atom is -0.490 e. The molecule has 0 radical (unpaired) electrons. The van der Waals surface area contributed by atoms with Crippen LogP contribution in [0.1, 0.15) is 28.5 Å². The van der Waals surface area contributed by atoms with E-state index >= 15 is 0 Å². The minimum absolute atomic E-state index is 0.0408. The molecule has 0 aliphatic carbocycles. The van der Waals surface area contributed by atoms with Crippen LogP contribution in [0.2, 0.25) is 5.02 Å². The van der Waals surface area contributed by atoms with Crippen molar-refractivity contribution in [3.8, 4) is 11.5 Å². The molecule has 0 fully saturated rings. The van der Waals surface area contributed by atoms with E-state index in [4.69, 9.17) is 26.8 Å². The summed E-state index contributed by atoms with van der Waals surface area (Å²) >= 11 is 9.61. The van der Waals surface area contributed by atoms with Gasteiger partial charge in [0.25, 0.3) is 5.91 Å². The Kier molecular flexibility index (Phi) is 8.87. The molecule has 0 unspecified atom stereocenters. The van der Waals surface area contributed by atoms with Crippen molar-refractivity contribution >= 4 is 39.3 Å². The molecule has 0 saturated heterocycles. The zero-order valence-corrected chi connectivity index (χ0v) is 20.0. The zero-order chi connectivity index (χ0) is 23.8. The van der Waals surface area contributed by atoms with Crippen molar-refractivity contribution in [1.82, 2.24) is 20.9 Å². The van der Waals surface area contributed by atoms with E-state index in [9.17, 15) is 9.18 Å². The summed E-state index contributed by atoms with van der Waals surface area (Å²) in [6.45, 7) is 3.56. The highest BCUT2D eigenvalue weighted by molar-refractivity contribution is 9.10. The Morgan fingerprint density at radius 2 is 2.03 bits per heavy atom. The van der Waals surface area contributed by atoms with Gasteiger partial charge in [-0.1, -0.05) is 33.6 Å². The van der Waals surface area contributed by atoms with E-state index in [0.29, 0.717) is 42.8 Å². The number of rotatable bonds is 11. The first-order chi connectivity index (χ1) is 15.9. The Hall–Kier alpha value is -2.89. The summed E-state index contributed by atoms with van der Waals surface area (Å²) in [7, 11) is 0. The number of nitrogens with one attached hydrogen (secondary N) is 2. The van der Waals surface area contributed by atoms with E-state index in [1.807, 2.05) is 13.0 Å². The number of carbonyl (C=O) groups excluding carboxylic acids is 1. The standard InChI is InChI=1S/C21H22BrClFN5O4/c1-2-31-17-8-12(10-26-6-7-27-21(30)19-20(25)29-33-28-19)14(22)9-18(17)32-11-13-15(23)4-3-5-16(13)24/h3-5,8-9,26H,2,6-7,10-11H2,1H3,(H2,25,29)(H,27,30). The molecule has 1 heterocycles. The molecule has 1 aromatic heterocycles. The SMILES string of the molecule is CCOc1cc(CNCCNC(=O)c2nonc2N)c(Br)cc1OCc1c(F)cccc1Cl. The van der Waals surface area contributed by atoms with Gasteiger partial charge in [0.05, 0.1) is 11.6 Å². The van der Waals surface area contributed by atoms with Crippen LogP contribution < -0.4 is 25.8 Å². The number of aromatic nitrogens is 2. The second-order valence-corrected chi connectivity index (χ2v) is 8.00. The van der Waals surface area contributed by atoms with Crippen LogP contribution in [-0.2, 0) is 13.2 Å². The van der Waals surface area contributed by atoms with Crippen LogP contribution in [-0.4, -0.2) is 35.9 Å². The smallest absolute Gasteiger partial charge is 0.277 e. The van der Waals surface area contributed by atoms with Crippen molar-refractivity contribution in [1.29, 1.82) is 0 Å². The van der Waals surface area contributed by atoms with Gasteiger partial charge < -0.3 is 25.8 Å². The third-order valence-electron chi connectivity index (χ3n) is 4.48. The second kappa shape index (κ2) is 11.8. The van der Waals surface area contributed by atoms with Crippen molar-refractivity contribution in [2.75, 3.05) is 25.4 Å². The lowest BCUT2D eigenvalue weighted by Gasteiger charge is -2.16. The molecule has 0 atom stereocenters. The lowest BCUT2D eigenvalue weighted by atomic mass is 10.2. The first-order valence-electron chi connectivity index (χ1n) is 9.98. The number of ether oxygens (including phenoxy) is 2. The molecule has 0 aliphatic heterocycles. The number of carbonyl (C=O) groups is 1. The molecular weight excluding hydrogens is 521 g/mol. The molecule has 12 heteroatoms. The molecule has 176 valence electrons. The molecule has 4 N–H and O–H groups in total. The Morgan fingerprint density at radius 3 is 2.73 bits per heavy atom. The average molecular weight is 543 g/mol. The fraction of sp³-hybridized carbons (Fsp3) is 0.286. The fourth-order valence-electron chi connectivity index (χ4n) is 2.84. The van der Waals surface area contributed by atoms with Crippen LogP contribution in [0.25, 0.3) is 0 Å². The lowest BCUT2D eigenvalue weighted by Crippen LogP contribution is -2.32. The van der Waals surface area contributed by atoms with Gasteiger partial charge in [-0.2, -0.15) is 0 Å². The van der Waals surface area contributed by atoms with Crippen molar-refractivity contribution < 1.29 is 23.3 Å². The quantitative estimate of drug-likeness (QED) is 0.313. The van der Waals surface area contributed by atoms with Crippen molar-refractivity contribution in [3.63, 3.8) is 0 Å². The number of amides is 1. The largest absolute Gasteiger partial charge is 0.490 e. The van der Waals surface area contributed by atoms with Crippen molar-refractivity contribution in [3.05, 3.63) is 62.5 Å². The Bertz CT molecular complexity index is 1090. The summed E-state index contributed by atoms with van der Waals surface area (Å²) in [5.41, 5.74) is 6.62. The van der Waals surface area contributed by atoms with Crippen LogP contribution in [0.3, 0.4) is 0 Å². The van der Waals surface area contributed by atoms with E-state index < -0.39 is 11.7 Å². The lowest BCUT2D eigenvalue weighted by molar-refractivity contribution is 0.0944. The fourth-order valence-corrected chi connectivity index (χ4v) is 3.52. The molecule has 2 aromatic carbocycles. The number of nitrogen functional groups attached to an aromatic ring is 1. The minimum atomic E-state index is -0.466. The summed E-state index contributed by atoms with van der Waals surface area (Å²) in [5, 5.41) is 13.0. The molecule has 0 spiro atoms. The van der Waals surface area contributed by atoms with Crippen molar-refractivity contribution in [2.45, 2.75) is 20.1 Å². The number of anilines is 1. The molecule has 0 bridgehead atoms. The molecular formula is C21H22BrClFN5O4. The van der Waals surface area contributed by atoms with Crippen LogP contribution in [0, 0.1) is 5.82 Å². The maximum Gasteiger partial charge on any atom is 0.277 e. The predicted octanol–water partition coefficient (Wildman–Crippen LogP) is 3.70. The maximum absolute atomic E-state index is 14.0. The molecule has 1 amide bonds. The summed E-state index contributed by atoms with van der Waals surface area (Å²) in [6, 6.07) is 8.08. The molecule has 0 saturated carbocycles. The van der Waals surface area contributed by atoms with Crippen LogP contribution >= 0.6 is 27.5 Å². The van der Waals surface area contributed by atoms with E-state index in [0.717, 1.165) is 10.0 Å². The molecule has 9 nitrogen and oxygen atoms in total. The predicted molar refractivity (Wildman–Crippen MR) is 124 cm³/mol. The summed E-state index contributed by atoms with van der Waals surface area (Å²) < 4.78 is 30.7. The normalized spacial score (nSPS) is 10.8. The first-order valence-corrected chi connectivity index (χ1v) is 11.2. The van der Waals surface area contributed by atoms with Gasteiger partial charge in [0, 0.05) is 29.7 Å². The summed E-state index contributed by atoms with van der Waals surface area (Å²) in [5.74, 6) is 0.0133. The third kappa shape index (κ3) is 6.56. The van der Waals surface area contributed by atoms with E-state index in [-0.39, 0.29) is 23.7 Å². The highest BCUT2D eigenvalue weighted by Crippen LogP contribution is 2.35. The zero-order valence-electron chi connectivity index (χ0n) is 17.7. The average Bonchev–Trinajstić information content (AvgIpc) is 3.21. The van der Waals surface area contributed by atoms with Gasteiger partial charge in [-0.05, 0) is 47.1 Å². The number of halogens is 3. The highest BCUT2D eigenvalue weighted by Gasteiger charge is 2.16. The summed E-state index contributed by atoms with van der Waals surface area (Å²) in [6.07, 6.45) is 0. The molecule has 33 heavy (non-hydrogen) atoms. The van der Waals surface area contributed by atoms with E-state index in [1.165, 1.54) is 12.1 Å². The maximum atomic E-state index is 14.0. The monoisotopic (exact) mass is 541 g/mol. The summed E-state index contributed by atoms with van der Waals surface area (Å²) in [4.78, 5) is 11.9. The van der Waals surface area contributed by atoms with E-state index in [2.05, 4.69) is 41.5 Å². The van der Waals surface area contributed by atoms with Crippen LogP contribution in [0.15, 0.2) is 39.4 Å². The second-order valence-electron chi connectivity index (χ2n) is 6.74. The number of hydrogen-bond donors (Lipinski definition) is 3. The Balaban J connectivity index is 1.57. The number of nitrogens with two attached hydrogens (primary N) is 1. The van der Waals surface area contributed by atoms with Crippen LogP contribution in [0.5, 0.6) is 11.5 Å². The van der Waals surface area contributed by atoms with Gasteiger partial charge in [0.2, 0.25) is 11.5 Å². The van der Waals surface area contributed by atoms with Gasteiger partial charge in [-0.25, -0.2) is 9.02 Å². The Morgan fingerprint density at radius 1 is 1.24 bits per heavy atom. The molecule has 3 aromatic rings. The topological polar surface area (TPSA) is 125 Å². The van der Waals surface area contributed by atoms with Crippen molar-refractivity contribution in [2.24, 2.45) is 0 Å². The first kappa shape index (κ1) is 24.7. The van der Waals surface area contributed by atoms with Gasteiger partial charge >= 0.3 is 0 Å². The van der Waals surface area contributed by atoms with Gasteiger partial charge in [-0.3, -0.25) is 4.79 Å². The van der Waals surface area contributed by atoms with Gasteiger partial charge in [0.15, 0.2) is 11.5 Å². The molecule has 0 aliphatic rings. The third-order valence-corrected chi connectivity index (χ3v) is 5.57. The van der Waals surface area contributed by atoms with E-state index in [1.54, 1.807) is 12.1 Å². The number of nitrogens with zero attached hydrogens (tertiary/aromatic N) is 2. The van der Waals surface area contributed by atoms with Gasteiger partial charge in [0.1, 0.15) is 12.4 Å².